The zero-order valence-electron chi connectivity index (χ0n) is 19.0. The summed E-state index contributed by atoms with van der Waals surface area (Å²) in [6.07, 6.45) is 3.96. The molecule has 3 N–H and O–H groups in total. The highest BCUT2D eigenvalue weighted by Gasteiger charge is 2.39. The second-order valence-corrected chi connectivity index (χ2v) is 8.38. The molecule has 7 nitrogen and oxygen atoms in total. The molecule has 1 saturated heterocycles. The number of rotatable bonds is 6. The van der Waals surface area contributed by atoms with Crippen LogP contribution in [0.3, 0.4) is 0 Å². The van der Waals surface area contributed by atoms with E-state index in [0.717, 1.165) is 29.2 Å². The van der Waals surface area contributed by atoms with Gasteiger partial charge in [-0.25, -0.2) is 13.8 Å². The molecule has 34 heavy (non-hydrogen) atoms. The van der Waals surface area contributed by atoms with E-state index < -0.39 is 30.3 Å². The SMILES string of the molecule is CC/C=C/NC(=NC)c1nc2c(n1C(F)F)CN(C1CO[C@H](c3cc(F)ccc3F)C(N)C1)C2. The van der Waals surface area contributed by atoms with Crippen molar-refractivity contribution >= 4 is 5.84 Å². The highest BCUT2D eigenvalue weighted by atomic mass is 19.3. The molecule has 2 aromatic rings. The summed E-state index contributed by atoms with van der Waals surface area (Å²) in [5.41, 5.74) is 7.32. The van der Waals surface area contributed by atoms with Crippen LogP contribution in [0.1, 0.15) is 55.2 Å². The first-order valence-electron chi connectivity index (χ1n) is 11.2. The van der Waals surface area contributed by atoms with Gasteiger partial charge in [0.2, 0.25) is 0 Å². The summed E-state index contributed by atoms with van der Waals surface area (Å²) in [6, 6.07) is 2.44. The average molecular weight is 481 g/mol. The van der Waals surface area contributed by atoms with Crippen molar-refractivity contribution in [3.8, 4) is 0 Å². The van der Waals surface area contributed by atoms with Crippen molar-refractivity contribution in [3.05, 3.63) is 64.9 Å². The molecule has 11 heteroatoms. The van der Waals surface area contributed by atoms with Gasteiger partial charge in [-0.15, -0.1) is 0 Å². The first-order valence-corrected chi connectivity index (χ1v) is 11.2. The Kier molecular flexibility index (Phi) is 7.34. The second kappa shape index (κ2) is 10.2. The largest absolute Gasteiger partial charge is 0.370 e. The number of nitrogens with one attached hydrogen (secondary N) is 1. The van der Waals surface area contributed by atoms with Crippen LogP contribution in [0, 0.1) is 11.6 Å². The van der Waals surface area contributed by atoms with E-state index in [4.69, 9.17) is 10.5 Å². The number of nitrogens with zero attached hydrogens (tertiary/aromatic N) is 4. The number of aliphatic imine (C=N–C) groups is 1. The van der Waals surface area contributed by atoms with Crippen molar-refractivity contribution in [1.82, 2.24) is 19.8 Å². The van der Waals surface area contributed by atoms with Crippen LogP contribution < -0.4 is 11.1 Å². The second-order valence-electron chi connectivity index (χ2n) is 8.38. The number of alkyl halides is 2. The molecule has 1 aromatic heterocycles. The molecular formula is C23H28F4N6O. The maximum absolute atomic E-state index is 14.2. The molecule has 3 heterocycles. The zero-order valence-corrected chi connectivity index (χ0v) is 19.0. The van der Waals surface area contributed by atoms with E-state index in [-0.39, 0.29) is 36.4 Å². The van der Waals surface area contributed by atoms with Gasteiger partial charge in [0.05, 0.1) is 18.0 Å². The van der Waals surface area contributed by atoms with Crippen molar-refractivity contribution in [2.75, 3.05) is 13.7 Å². The molecular weight excluding hydrogens is 452 g/mol. The minimum atomic E-state index is -2.79. The summed E-state index contributed by atoms with van der Waals surface area (Å²) >= 11 is 0. The minimum absolute atomic E-state index is 0.0844. The van der Waals surface area contributed by atoms with Crippen molar-refractivity contribution in [2.45, 2.75) is 57.6 Å². The first-order chi connectivity index (χ1) is 16.3. The Bertz CT molecular complexity index is 1090. The molecule has 0 spiro atoms. The Morgan fingerprint density at radius 3 is 2.82 bits per heavy atom. The van der Waals surface area contributed by atoms with Crippen LogP contribution >= 0.6 is 0 Å². The molecule has 2 unspecified atom stereocenters. The van der Waals surface area contributed by atoms with Crippen LogP contribution in [0.15, 0.2) is 35.5 Å². The average Bonchev–Trinajstić information content (AvgIpc) is 3.36. The normalized spacial score (nSPS) is 23.8. The number of benzene rings is 1. The minimum Gasteiger partial charge on any atom is -0.370 e. The molecule has 1 aromatic carbocycles. The van der Waals surface area contributed by atoms with Crippen molar-refractivity contribution < 1.29 is 22.3 Å². The number of halogens is 4. The Morgan fingerprint density at radius 2 is 2.15 bits per heavy atom. The topological polar surface area (TPSA) is 80.7 Å². The Morgan fingerprint density at radius 1 is 1.35 bits per heavy atom. The number of ether oxygens (including phenoxy) is 1. The van der Waals surface area contributed by atoms with Gasteiger partial charge in [0.15, 0.2) is 11.7 Å². The Labute approximate surface area is 195 Å². The third kappa shape index (κ3) is 4.73. The first kappa shape index (κ1) is 24.4. The highest BCUT2D eigenvalue weighted by Crippen LogP contribution is 2.35. The molecule has 3 atom stereocenters. The summed E-state index contributed by atoms with van der Waals surface area (Å²) in [5, 5.41) is 2.93. The van der Waals surface area contributed by atoms with Gasteiger partial charge in [-0.2, -0.15) is 8.78 Å². The van der Waals surface area contributed by atoms with Crippen LogP contribution in [0.4, 0.5) is 17.6 Å². The predicted octanol–water partition coefficient (Wildman–Crippen LogP) is 3.62. The van der Waals surface area contributed by atoms with E-state index in [1.54, 1.807) is 6.20 Å². The van der Waals surface area contributed by atoms with Gasteiger partial charge in [-0.3, -0.25) is 14.5 Å². The van der Waals surface area contributed by atoms with Gasteiger partial charge in [-0.05, 0) is 37.2 Å². The fourth-order valence-corrected chi connectivity index (χ4v) is 4.52. The smallest absolute Gasteiger partial charge is 0.320 e. The van der Waals surface area contributed by atoms with Gasteiger partial charge >= 0.3 is 6.55 Å². The maximum Gasteiger partial charge on any atom is 0.320 e. The molecule has 0 amide bonds. The molecule has 2 aliphatic heterocycles. The Balaban J connectivity index is 1.49. The quantitative estimate of drug-likeness (QED) is 0.375. The summed E-state index contributed by atoms with van der Waals surface area (Å²) < 4.78 is 62.6. The van der Waals surface area contributed by atoms with Crippen LogP contribution in [0.25, 0.3) is 0 Å². The molecule has 1 fully saturated rings. The van der Waals surface area contributed by atoms with Gasteiger partial charge < -0.3 is 15.8 Å². The zero-order chi connectivity index (χ0) is 24.4. The van der Waals surface area contributed by atoms with Crippen molar-refractivity contribution in [2.24, 2.45) is 10.7 Å². The van der Waals surface area contributed by atoms with E-state index in [1.165, 1.54) is 7.05 Å². The number of hydrogen-bond donors (Lipinski definition) is 2. The van der Waals surface area contributed by atoms with E-state index >= 15 is 0 Å². The molecule has 0 aliphatic carbocycles. The number of nitrogens with two attached hydrogens (primary N) is 1. The number of aromatic nitrogens is 2. The summed E-state index contributed by atoms with van der Waals surface area (Å²) in [6.45, 7) is -0.0182. The van der Waals surface area contributed by atoms with E-state index in [9.17, 15) is 17.6 Å². The monoisotopic (exact) mass is 480 g/mol. The van der Waals surface area contributed by atoms with Gasteiger partial charge in [-0.1, -0.05) is 13.0 Å². The molecule has 184 valence electrons. The summed E-state index contributed by atoms with van der Waals surface area (Å²) in [5.74, 6) is -0.799. The summed E-state index contributed by atoms with van der Waals surface area (Å²) in [4.78, 5) is 10.5. The van der Waals surface area contributed by atoms with E-state index in [0.29, 0.717) is 24.4 Å². The number of hydrogen-bond acceptors (Lipinski definition) is 5. The Hall–Kier alpha value is -2.76. The highest BCUT2D eigenvalue weighted by molar-refractivity contribution is 5.96. The van der Waals surface area contributed by atoms with Gasteiger partial charge in [0.25, 0.3) is 0 Å². The maximum atomic E-state index is 14.2. The fourth-order valence-electron chi connectivity index (χ4n) is 4.52. The fraction of sp³-hybridized carbons (Fsp3) is 0.478. The lowest BCUT2D eigenvalue weighted by atomic mass is 9.93. The van der Waals surface area contributed by atoms with Crippen molar-refractivity contribution in [3.63, 3.8) is 0 Å². The van der Waals surface area contributed by atoms with Crippen LogP contribution in [-0.2, 0) is 17.8 Å². The van der Waals surface area contributed by atoms with Crippen LogP contribution in [0.5, 0.6) is 0 Å². The molecule has 0 saturated carbocycles. The lowest BCUT2D eigenvalue weighted by molar-refractivity contribution is -0.0539. The predicted molar refractivity (Wildman–Crippen MR) is 119 cm³/mol. The van der Waals surface area contributed by atoms with Crippen LogP contribution in [0.2, 0.25) is 0 Å². The lowest BCUT2D eigenvalue weighted by Gasteiger charge is -2.38. The molecule has 2 aliphatic rings. The third-order valence-corrected chi connectivity index (χ3v) is 6.19. The molecule has 0 radical (unpaired) electrons. The number of allylic oxidation sites excluding steroid dienone is 1. The van der Waals surface area contributed by atoms with Gasteiger partial charge in [0, 0.05) is 37.8 Å². The molecule has 0 bridgehead atoms. The lowest BCUT2D eigenvalue weighted by Crippen LogP contribution is -2.48. The summed E-state index contributed by atoms with van der Waals surface area (Å²) in [7, 11) is 1.52. The molecule has 4 rings (SSSR count). The van der Waals surface area contributed by atoms with Crippen molar-refractivity contribution in [1.29, 1.82) is 0 Å². The number of amidine groups is 1. The van der Waals surface area contributed by atoms with Crippen LogP contribution in [-0.4, -0.2) is 46.0 Å². The third-order valence-electron chi connectivity index (χ3n) is 6.19. The number of fused-ring (bicyclic) bond motifs is 1. The van der Waals surface area contributed by atoms with Gasteiger partial charge in [0.1, 0.15) is 17.7 Å². The van der Waals surface area contributed by atoms with E-state index in [2.05, 4.69) is 15.3 Å². The van der Waals surface area contributed by atoms with E-state index in [1.807, 2.05) is 17.9 Å². The standard InChI is InChI=1S/C23H28F4N6O/c1-3-4-7-30-21(29-2)22-31-18-10-32(11-19(18)33(22)23(26)27)14-9-17(28)20(34-12-14)15-8-13(24)5-6-16(15)25/h4-8,14,17,20,23H,3,9-12,28H2,1-2H3,(H,29,30)/b7-4+/t14?,17?,20-/m1/s1. The number of imidazole rings is 1.